The maximum atomic E-state index is 11.1. The standard InChI is InChI=1S/C10H13NO2/c1-7-5-3-4-6-8(7)9(11)10(12)13-2/h3-6,9H,11H2,1-2H3. The summed E-state index contributed by atoms with van der Waals surface area (Å²) in [6.07, 6.45) is 0. The van der Waals surface area contributed by atoms with Gasteiger partial charge >= 0.3 is 5.97 Å². The lowest BCUT2D eigenvalue weighted by atomic mass is 10.0. The molecule has 13 heavy (non-hydrogen) atoms. The zero-order valence-corrected chi connectivity index (χ0v) is 7.78. The van der Waals surface area contributed by atoms with Crippen molar-refractivity contribution in [2.45, 2.75) is 13.0 Å². The molecule has 0 aromatic heterocycles. The highest BCUT2D eigenvalue weighted by atomic mass is 16.5. The average molecular weight is 179 g/mol. The summed E-state index contributed by atoms with van der Waals surface area (Å²) in [6.45, 7) is 1.91. The van der Waals surface area contributed by atoms with Crippen LogP contribution in [0, 0.1) is 6.92 Å². The van der Waals surface area contributed by atoms with Gasteiger partial charge in [-0.2, -0.15) is 0 Å². The maximum absolute atomic E-state index is 11.1. The molecule has 0 aliphatic rings. The Morgan fingerprint density at radius 1 is 1.46 bits per heavy atom. The predicted octanol–water partition coefficient (Wildman–Crippen LogP) is 1.17. The first-order valence-electron chi connectivity index (χ1n) is 4.05. The molecule has 0 amide bonds. The van der Waals surface area contributed by atoms with Crippen molar-refractivity contribution in [3.8, 4) is 0 Å². The number of methoxy groups -OCH3 is 1. The lowest BCUT2D eigenvalue weighted by Gasteiger charge is -2.11. The Bertz CT molecular complexity index is 310. The van der Waals surface area contributed by atoms with Crippen LogP contribution in [0.2, 0.25) is 0 Å². The Hall–Kier alpha value is -1.35. The van der Waals surface area contributed by atoms with Gasteiger partial charge in [-0.3, -0.25) is 4.79 Å². The smallest absolute Gasteiger partial charge is 0.327 e. The molecule has 1 aromatic rings. The Morgan fingerprint density at radius 2 is 2.08 bits per heavy atom. The monoisotopic (exact) mass is 179 g/mol. The van der Waals surface area contributed by atoms with Crippen molar-refractivity contribution in [3.63, 3.8) is 0 Å². The molecular weight excluding hydrogens is 166 g/mol. The molecule has 3 heteroatoms. The van der Waals surface area contributed by atoms with E-state index in [-0.39, 0.29) is 0 Å². The van der Waals surface area contributed by atoms with Crippen molar-refractivity contribution >= 4 is 5.97 Å². The third kappa shape index (κ3) is 2.06. The summed E-state index contributed by atoms with van der Waals surface area (Å²) in [7, 11) is 1.33. The third-order valence-electron chi connectivity index (χ3n) is 1.98. The van der Waals surface area contributed by atoms with Crippen molar-refractivity contribution in [2.24, 2.45) is 5.73 Å². The van der Waals surface area contributed by atoms with Crippen LogP contribution in [-0.2, 0) is 9.53 Å². The molecule has 1 rings (SSSR count). The maximum Gasteiger partial charge on any atom is 0.327 e. The highest BCUT2D eigenvalue weighted by Gasteiger charge is 2.17. The van der Waals surface area contributed by atoms with E-state index in [1.807, 2.05) is 31.2 Å². The molecule has 3 nitrogen and oxygen atoms in total. The number of benzene rings is 1. The molecule has 0 fully saturated rings. The van der Waals surface area contributed by atoms with Gasteiger partial charge in [0, 0.05) is 0 Å². The summed E-state index contributed by atoms with van der Waals surface area (Å²) in [6, 6.07) is 6.83. The lowest BCUT2D eigenvalue weighted by molar-refractivity contribution is -0.142. The summed E-state index contributed by atoms with van der Waals surface area (Å²) in [5, 5.41) is 0. The van der Waals surface area contributed by atoms with E-state index in [2.05, 4.69) is 4.74 Å². The quantitative estimate of drug-likeness (QED) is 0.693. The molecule has 0 saturated heterocycles. The molecule has 0 spiro atoms. The minimum absolute atomic E-state index is 0.408. The van der Waals surface area contributed by atoms with Crippen LogP contribution in [0.15, 0.2) is 24.3 Å². The number of hydrogen-bond acceptors (Lipinski definition) is 3. The minimum atomic E-state index is -0.675. The number of aryl methyl sites for hydroxylation is 1. The molecular formula is C10H13NO2. The third-order valence-corrected chi connectivity index (χ3v) is 1.98. The number of ether oxygens (including phenoxy) is 1. The van der Waals surface area contributed by atoms with Crippen LogP contribution in [0.1, 0.15) is 17.2 Å². The number of carbonyl (C=O) groups excluding carboxylic acids is 1. The second-order valence-electron chi connectivity index (χ2n) is 2.86. The molecule has 0 bridgehead atoms. The van der Waals surface area contributed by atoms with Gasteiger partial charge in [-0.1, -0.05) is 24.3 Å². The van der Waals surface area contributed by atoms with Gasteiger partial charge in [-0.15, -0.1) is 0 Å². The first-order chi connectivity index (χ1) is 6.16. The summed E-state index contributed by atoms with van der Waals surface area (Å²) in [4.78, 5) is 11.1. The van der Waals surface area contributed by atoms with E-state index in [4.69, 9.17) is 5.73 Å². The second-order valence-corrected chi connectivity index (χ2v) is 2.86. The number of carbonyl (C=O) groups is 1. The van der Waals surface area contributed by atoms with Gasteiger partial charge in [0.25, 0.3) is 0 Å². The minimum Gasteiger partial charge on any atom is -0.468 e. The van der Waals surface area contributed by atoms with E-state index in [0.29, 0.717) is 0 Å². The Balaban J connectivity index is 2.95. The molecule has 1 atom stereocenters. The molecule has 0 saturated carbocycles. The van der Waals surface area contributed by atoms with Gasteiger partial charge < -0.3 is 10.5 Å². The van der Waals surface area contributed by atoms with Gasteiger partial charge in [0.15, 0.2) is 0 Å². The largest absolute Gasteiger partial charge is 0.468 e. The number of nitrogens with two attached hydrogens (primary N) is 1. The van der Waals surface area contributed by atoms with E-state index in [1.54, 1.807) is 0 Å². The van der Waals surface area contributed by atoms with E-state index < -0.39 is 12.0 Å². The van der Waals surface area contributed by atoms with Gasteiger partial charge in [0.2, 0.25) is 0 Å². The molecule has 1 aromatic carbocycles. The van der Waals surface area contributed by atoms with Crippen LogP contribution in [0.5, 0.6) is 0 Å². The van der Waals surface area contributed by atoms with E-state index >= 15 is 0 Å². The van der Waals surface area contributed by atoms with Gasteiger partial charge in [0.1, 0.15) is 6.04 Å². The fraction of sp³-hybridized carbons (Fsp3) is 0.300. The average Bonchev–Trinajstić information content (AvgIpc) is 2.16. The fourth-order valence-corrected chi connectivity index (χ4v) is 1.19. The number of esters is 1. The molecule has 0 aliphatic heterocycles. The Morgan fingerprint density at radius 3 is 2.62 bits per heavy atom. The Labute approximate surface area is 77.5 Å². The molecule has 2 N–H and O–H groups in total. The first-order valence-corrected chi connectivity index (χ1v) is 4.05. The fourth-order valence-electron chi connectivity index (χ4n) is 1.19. The van der Waals surface area contributed by atoms with Gasteiger partial charge in [0.05, 0.1) is 7.11 Å². The normalized spacial score (nSPS) is 12.2. The zero-order valence-electron chi connectivity index (χ0n) is 7.78. The van der Waals surface area contributed by atoms with E-state index in [1.165, 1.54) is 7.11 Å². The highest BCUT2D eigenvalue weighted by Crippen LogP contribution is 2.15. The van der Waals surface area contributed by atoms with Crippen LogP contribution >= 0.6 is 0 Å². The van der Waals surface area contributed by atoms with E-state index in [0.717, 1.165) is 11.1 Å². The number of rotatable bonds is 2. The molecule has 0 radical (unpaired) electrons. The lowest BCUT2D eigenvalue weighted by Crippen LogP contribution is -2.23. The van der Waals surface area contributed by atoms with Crippen molar-refractivity contribution < 1.29 is 9.53 Å². The van der Waals surface area contributed by atoms with Gasteiger partial charge in [-0.05, 0) is 18.1 Å². The number of hydrogen-bond donors (Lipinski definition) is 1. The summed E-state index contributed by atoms with van der Waals surface area (Å²) >= 11 is 0. The van der Waals surface area contributed by atoms with Crippen LogP contribution in [-0.4, -0.2) is 13.1 Å². The predicted molar refractivity (Wildman–Crippen MR) is 50.1 cm³/mol. The molecule has 70 valence electrons. The van der Waals surface area contributed by atoms with Crippen LogP contribution < -0.4 is 5.73 Å². The van der Waals surface area contributed by atoms with Crippen LogP contribution in [0.25, 0.3) is 0 Å². The van der Waals surface area contributed by atoms with Crippen molar-refractivity contribution in [1.82, 2.24) is 0 Å². The second kappa shape index (κ2) is 4.05. The van der Waals surface area contributed by atoms with Crippen molar-refractivity contribution in [2.75, 3.05) is 7.11 Å². The van der Waals surface area contributed by atoms with Crippen molar-refractivity contribution in [1.29, 1.82) is 0 Å². The summed E-state index contributed by atoms with van der Waals surface area (Å²) in [5.74, 6) is -0.408. The van der Waals surface area contributed by atoms with Crippen molar-refractivity contribution in [3.05, 3.63) is 35.4 Å². The SMILES string of the molecule is COC(=O)C(N)c1ccccc1C. The van der Waals surface area contributed by atoms with Crippen LogP contribution in [0.4, 0.5) is 0 Å². The molecule has 1 unspecified atom stereocenters. The van der Waals surface area contributed by atoms with E-state index in [9.17, 15) is 4.79 Å². The molecule has 0 aliphatic carbocycles. The summed E-state index contributed by atoms with van der Waals surface area (Å²) in [5.41, 5.74) is 7.49. The molecule has 0 heterocycles. The Kier molecular flexibility index (Phi) is 3.03. The first kappa shape index (κ1) is 9.74. The summed E-state index contributed by atoms with van der Waals surface area (Å²) < 4.78 is 4.56. The zero-order chi connectivity index (χ0) is 9.84. The highest BCUT2D eigenvalue weighted by molar-refractivity contribution is 5.77. The topological polar surface area (TPSA) is 52.3 Å². The van der Waals surface area contributed by atoms with Crippen LogP contribution in [0.3, 0.4) is 0 Å². The van der Waals surface area contributed by atoms with Gasteiger partial charge in [-0.25, -0.2) is 0 Å².